The summed E-state index contributed by atoms with van der Waals surface area (Å²) >= 11 is 5.66. The van der Waals surface area contributed by atoms with Crippen molar-refractivity contribution in [2.24, 2.45) is 11.3 Å². The van der Waals surface area contributed by atoms with Gasteiger partial charge in [-0.2, -0.15) is 26.3 Å². The minimum atomic E-state index is -5.22. The van der Waals surface area contributed by atoms with Crippen molar-refractivity contribution in [1.82, 2.24) is 5.43 Å². The van der Waals surface area contributed by atoms with Crippen LogP contribution in [-0.4, -0.2) is 24.0 Å². The van der Waals surface area contributed by atoms with Gasteiger partial charge in [-0.1, -0.05) is 11.6 Å². The number of alkyl halides is 6. The molecule has 1 amide bonds. The van der Waals surface area contributed by atoms with Crippen molar-refractivity contribution in [2.45, 2.75) is 18.8 Å². The molecule has 27 heavy (non-hydrogen) atoms. The third kappa shape index (κ3) is 4.16. The van der Waals surface area contributed by atoms with E-state index in [1.807, 2.05) is 0 Å². The molecule has 1 unspecified atom stereocenters. The zero-order valence-electron chi connectivity index (χ0n) is 13.2. The normalized spacial score (nSPS) is 20.6. The summed E-state index contributed by atoms with van der Waals surface area (Å²) in [6.45, 7) is 0. The highest BCUT2D eigenvalue weighted by molar-refractivity contribution is 6.30. The molecule has 1 atom stereocenters. The molecule has 0 aliphatic heterocycles. The Morgan fingerprint density at radius 2 is 1.59 bits per heavy atom. The molecule has 1 aromatic rings. The number of hydrazine groups is 1. The summed E-state index contributed by atoms with van der Waals surface area (Å²) in [6, 6.07) is 4.59. The summed E-state index contributed by atoms with van der Waals surface area (Å²) < 4.78 is 79.0. The molecule has 1 aliphatic carbocycles. The number of nitrogens with two attached hydrogens (primary N) is 1. The van der Waals surface area contributed by atoms with Gasteiger partial charge in [0.25, 0.3) is 5.91 Å². The highest BCUT2D eigenvalue weighted by Crippen LogP contribution is 2.46. The van der Waals surface area contributed by atoms with Crippen LogP contribution in [0.15, 0.2) is 47.6 Å². The van der Waals surface area contributed by atoms with Crippen LogP contribution in [0, 0.1) is 5.41 Å². The fourth-order valence-corrected chi connectivity index (χ4v) is 2.75. The van der Waals surface area contributed by atoms with Gasteiger partial charge in [-0.05, 0) is 36.4 Å². The van der Waals surface area contributed by atoms with Crippen molar-refractivity contribution in [3.63, 3.8) is 0 Å². The molecule has 11 heteroatoms. The van der Waals surface area contributed by atoms with E-state index in [9.17, 15) is 35.9 Å². The van der Waals surface area contributed by atoms with E-state index < -0.39 is 47.0 Å². The molecule has 0 fully saturated rings. The Morgan fingerprint density at radius 1 is 1.04 bits per heavy atom. The Bertz CT molecular complexity index is 827. The van der Waals surface area contributed by atoms with Crippen LogP contribution in [0.5, 0.6) is 0 Å². The molecule has 2 rings (SSSR count). The minimum Gasteiger partial charge on any atom is -0.293 e. The highest BCUT2D eigenvalue weighted by atomic mass is 35.5. The average Bonchev–Trinajstić information content (AvgIpc) is 2.59. The van der Waals surface area contributed by atoms with Crippen molar-refractivity contribution >= 4 is 23.3 Å². The molecule has 0 heterocycles. The molecule has 0 saturated carbocycles. The van der Waals surface area contributed by atoms with E-state index in [-0.39, 0.29) is 22.7 Å². The number of amides is 1. The Hall–Kier alpha value is -2.33. The van der Waals surface area contributed by atoms with Gasteiger partial charge in [-0.25, -0.2) is 5.84 Å². The van der Waals surface area contributed by atoms with Gasteiger partial charge >= 0.3 is 12.4 Å². The van der Waals surface area contributed by atoms with Crippen molar-refractivity contribution in [3.8, 4) is 0 Å². The summed E-state index contributed by atoms with van der Waals surface area (Å²) in [4.78, 5) is 25.0. The quantitative estimate of drug-likeness (QED) is 0.198. The first-order valence-electron chi connectivity index (χ1n) is 7.20. The SMILES string of the molecule is NNC(=O)C1(C(=O)c2ccc(Cl)cc2)C=C(C(F)(F)F)C=C(C(F)(F)F)C1. The Morgan fingerprint density at radius 3 is 2.04 bits per heavy atom. The molecular formula is C16H11ClF6N2O2. The van der Waals surface area contributed by atoms with Crippen molar-refractivity contribution in [3.05, 3.63) is 58.1 Å². The largest absolute Gasteiger partial charge is 0.416 e. The van der Waals surface area contributed by atoms with Gasteiger partial charge in [0, 0.05) is 22.6 Å². The van der Waals surface area contributed by atoms with Crippen LogP contribution >= 0.6 is 11.6 Å². The Labute approximate surface area is 153 Å². The number of halogens is 7. The van der Waals surface area contributed by atoms with Gasteiger partial charge in [-0.15, -0.1) is 0 Å². The molecule has 0 bridgehead atoms. The number of carbonyl (C=O) groups excluding carboxylic acids is 2. The number of nitrogens with one attached hydrogen (secondary N) is 1. The molecule has 0 aromatic heterocycles. The van der Waals surface area contributed by atoms with Crippen LogP contribution in [0.25, 0.3) is 0 Å². The monoisotopic (exact) mass is 412 g/mol. The first kappa shape index (κ1) is 21.0. The molecular weight excluding hydrogens is 402 g/mol. The third-order valence-electron chi connectivity index (χ3n) is 3.94. The number of carbonyl (C=O) groups is 2. The second-order valence-corrected chi connectivity index (χ2v) is 6.16. The summed E-state index contributed by atoms with van der Waals surface area (Å²) in [7, 11) is 0. The van der Waals surface area contributed by atoms with Gasteiger partial charge in [-0.3, -0.25) is 15.0 Å². The number of hydrogen-bond donors (Lipinski definition) is 2. The van der Waals surface area contributed by atoms with E-state index in [2.05, 4.69) is 0 Å². The standard InChI is InChI=1S/C16H11ClF6N2O2/c17-11-3-1-8(2-4-11)12(26)14(13(27)25-24)6-9(15(18,19)20)5-10(7-14)16(21,22)23/h1-6H,7,24H2,(H,25,27). The summed E-state index contributed by atoms with van der Waals surface area (Å²) in [6.07, 6.45) is -11.7. The lowest BCUT2D eigenvalue weighted by atomic mass is 9.70. The predicted octanol–water partition coefficient (Wildman–Crippen LogP) is 3.88. The van der Waals surface area contributed by atoms with E-state index in [4.69, 9.17) is 17.4 Å². The minimum absolute atomic E-state index is 0.128. The Kier molecular flexibility index (Phi) is 5.44. The molecule has 0 saturated heterocycles. The molecule has 1 aromatic carbocycles. The average molecular weight is 413 g/mol. The number of hydrogen-bond acceptors (Lipinski definition) is 3. The number of benzene rings is 1. The maximum absolute atomic E-state index is 13.2. The second-order valence-electron chi connectivity index (χ2n) is 5.72. The highest BCUT2D eigenvalue weighted by Gasteiger charge is 2.53. The first-order valence-corrected chi connectivity index (χ1v) is 7.58. The fraction of sp³-hybridized carbons (Fsp3) is 0.250. The van der Waals surface area contributed by atoms with E-state index >= 15 is 0 Å². The second kappa shape index (κ2) is 7.01. The van der Waals surface area contributed by atoms with Gasteiger partial charge in [0.15, 0.2) is 5.78 Å². The topological polar surface area (TPSA) is 72.2 Å². The molecule has 0 radical (unpaired) electrons. The zero-order chi connectivity index (χ0) is 20.6. The van der Waals surface area contributed by atoms with E-state index in [1.54, 1.807) is 0 Å². The number of allylic oxidation sites excluding steroid dienone is 3. The number of rotatable bonds is 3. The van der Waals surface area contributed by atoms with Crippen LogP contribution in [-0.2, 0) is 4.79 Å². The summed E-state index contributed by atoms with van der Waals surface area (Å²) in [5, 5.41) is 0.176. The van der Waals surface area contributed by atoms with Crippen LogP contribution in [0.4, 0.5) is 26.3 Å². The first-order chi connectivity index (χ1) is 12.3. The van der Waals surface area contributed by atoms with E-state index in [0.717, 1.165) is 12.1 Å². The lowest BCUT2D eigenvalue weighted by Gasteiger charge is -2.33. The van der Waals surface area contributed by atoms with Gasteiger partial charge < -0.3 is 0 Å². The number of ketones is 1. The predicted molar refractivity (Wildman–Crippen MR) is 83.4 cm³/mol. The van der Waals surface area contributed by atoms with Crippen LogP contribution < -0.4 is 11.3 Å². The molecule has 3 N–H and O–H groups in total. The van der Waals surface area contributed by atoms with Crippen molar-refractivity contribution < 1.29 is 35.9 Å². The Balaban J connectivity index is 2.71. The summed E-state index contributed by atoms with van der Waals surface area (Å²) in [5.74, 6) is 2.17. The lowest BCUT2D eigenvalue weighted by molar-refractivity contribution is -0.128. The van der Waals surface area contributed by atoms with Gasteiger partial charge in [0.2, 0.25) is 0 Å². The summed E-state index contributed by atoms with van der Waals surface area (Å²) in [5.41, 5.74) is -5.09. The molecule has 4 nitrogen and oxygen atoms in total. The van der Waals surface area contributed by atoms with E-state index in [1.165, 1.54) is 17.6 Å². The van der Waals surface area contributed by atoms with Crippen LogP contribution in [0.3, 0.4) is 0 Å². The smallest absolute Gasteiger partial charge is 0.293 e. The zero-order valence-corrected chi connectivity index (χ0v) is 14.0. The van der Waals surface area contributed by atoms with Gasteiger partial charge in [0.1, 0.15) is 5.41 Å². The lowest BCUT2D eigenvalue weighted by Crippen LogP contribution is -2.50. The maximum Gasteiger partial charge on any atom is 0.416 e. The van der Waals surface area contributed by atoms with Crippen molar-refractivity contribution in [2.75, 3.05) is 0 Å². The third-order valence-corrected chi connectivity index (χ3v) is 4.19. The van der Waals surface area contributed by atoms with Gasteiger partial charge in [0.05, 0.1) is 5.57 Å². The fourth-order valence-electron chi connectivity index (χ4n) is 2.63. The van der Waals surface area contributed by atoms with Crippen LogP contribution in [0.2, 0.25) is 5.02 Å². The molecule has 146 valence electrons. The number of Topliss-reactive ketones (excluding diaryl/α,β-unsaturated/α-hetero) is 1. The molecule has 0 spiro atoms. The van der Waals surface area contributed by atoms with Crippen molar-refractivity contribution in [1.29, 1.82) is 0 Å². The van der Waals surface area contributed by atoms with E-state index in [0.29, 0.717) is 0 Å². The maximum atomic E-state index is 13.2. The van der Waals surface area contributed by atoms with Crippen LogP contribution in [0.1, 0.15) is 16.8 Å². The molecule has 1 aliphatic rings.